The maximum absolute atomic E-state index is 12.3. The summed E-state index contributed by atoms with van der Waals surface area (Å²) >= 11 is 11.7. The molecule has 1 aromatic carbocycles. The van der Waals surface area contributed by atoms with Gasteiger partial charge in [0.2, 0.25) is 0 Å². The van der Waals surface area contributed by atoms with Crippen molar-refractivity contribution in [3.05, 3.63) is 60.3 Å². The van der Waals surface area contributed by atoms with Crippen molar-refractivity contribution in [1.82, 2.24) is 9.55 Å². The Bertz CT molecular complexity index is 839. The highest BCUT2D eigenvalue weighted by Gasteiger charge is 2.16. The number of aromatic amines is 1. The van der Waals surface area contributed by atoms with Crippen LogP contribution in [-0.2, 0) is 11.2 Å². The van der Waals surface area contributed by atoms with Crippen LogP contribution < -0.4 is 11.2 Å². The van der Waals surface area contributed by atoms with E-state index >= 15 is 0 Å². The lowest BCUT2D eigenvalue weighted by atomic mass is 10.1. The van der Waals surface area contributed by atoms with Gasteiger partial charge >= 0.3 is 11.7 Å². The number of rotatable bonds is 3. The second kappa shape index (κ2) is 5.75. The Hall–Kier alpha value is -2.05. The molecule has 21 heavy (non-hydrogen) atoms. The molecule has 0 fully saturated rings. The largest absolute Gasteiger partial charge is 0.481 e. The SMILES string of the molecule is Cc1[nH]c(=O)n(-c2ccc(Cl)c(Cl)c2)c(=O)c1CC(=O)O. The summed E-state index contributed by atoms with van der Waals surface area (Å²) in [4.78, 5) is 37.6. The molecule has 2 N–H and O–H groups in total. The fourth-order valence-electron chi connectivity index (χ4n) is 1.90. The number of aromatic nitrogens is 2. The summed E-state index contributed by atoms with van der Waals surface area (Å²) in [5.41, 5.74) is -0.929. The standard InChI is InChI=1S/C13H10Cl2N2O4/c1-6-8(5-11(18)19)12(20)17(13(21)16-6)7-2-3-9(14)10(15)4-7/h2-4H,5H2,1H3,(H,16,21)(H,18,19). The zero-order chi connectivity index (χ0) is 15.7. The molecule has 0 bridgehead atoms. The number of H-pyrrole nitrogens is 1. The van der Waals surface area contributed by atoms with Crippen molar-refractivity contribution in [2.24, 2.45) is 0 Å². The first-order valence-corrected chi connectivity index (χ1v) is 6.59. The van der Waals surface area contributed by atoms with Crippen molar-refractivity contribution in [2.75, 3.05) is 0 Å². The number of nitrogens with zero attached hydrogens (tertiary/aromatic N) is 1. The first kappa shape index (κ1) is 15.3. The molecule has 0 aliphatic heterocycles. The van der Waals surface area contributed by atoms with Crippen LogP contribution in [0, 0.1) is 6.92 Å². The van der Waals surface area contributed by atoms with E-state index in [2.05, 4.69) is 4.98 Å². The lowest BCUT2D eigenvalue weighted by Crippen LogP contribution is -2.37. The fourth-order valence-corrected chi connectivity index (χ4v) is 2.19. The number of nitrogens with one attached hydrogen (secondary N) is 1. The van der Waals surface area contributed by atoms with E-state index in [9.17, 15) is 14.4 Å². The number of carbonyl (C=O) groups is 1. The summed E-state index contributed by atoms with van der Waals surface area (Å²) in [5.74, 6) is -1.16. The van der Waals surface area contributed by atoms with Gasteiger partial charge in [0.1, 0.15) is 0 Å². The van der Waals surface area contributed by atoms with E-state index in [0.717, 1.165) is 4.57 Å². The third kappa shape index (κ3) is 3.01. The van der Waals surface area contributed by atoms with Gasteiger partial charge in [-0.05, 0) is 25.1 Å². The summed E-state index contributed by atoms with van der Waals surface area (Å²) in [6, 6.07) is 4.26. The van der Waals surface area contributed by atoms with E-state index < -0.39 is 23.6 Å². The second-order valence-corrected chi connectivity index (χ2v) is 5.16. The Labute approximate surface area is 128 Å². The Balaban J connectivity index is 2.74. The van der Waals surface area contributed by atoms with Crippen molar-refractivity contribution in [3.8, 4) is 5.69 Å². The summed E-state index contributed by atoms with van der Waals surface area (Å²) in [6.45, 7) is 1.47. The molecular formula is C13H10Cl2N2O4. The van der Waals surface area contributed by atoms with Crippen molar-refractivity contribution >= 4 is 29.2 Å². The second-order valence-electron chi connectivity index (χ2n) is 4.34. The quantitative estimate of drug-likeness (QED) is 0.898. The third-order valence-corrected chi connectivity index (χ3v) is 3.64. The molecule has 2 aromatic rings. The molecule has 8 heteroatoms. The van der Waals surface area contributed by atoms with E-state index in [1.165, 1.54) is 25.1 Å². The predicted molar refractivity (Wildman–Crippen MR) is 78.8 cm³/mol. The van der Waals surface area contributed by atoms with Gasteiger partial charge in [-0.15, -0.1) is 0 Å². The van der Waals surface area contributed by atoms with Gasteiger partial charge in [0, 0.05) is 11.3 Å². The van der Waals surface area contributed by atoms with E-state index in [1.54, 1.807) is 0 Å². The maximum Gasteiger partial charge on any atom is 0.333 e. The molecule has 110 valence electrons. The van der Waals surface area contributed by atoms with E-state index in [-0.39, 0.29) is 27.0 Å². The molecule has 1 aromatic heterocycles. The summed E-state index contributed by atoms with van der Waals surface area (Å²) < 4.78 is 0.827. The molecule has 6 nitrogen and oxygen atoms in total. The van der Waals surface area contributed by atoms with Crippen LogP contribution in [-0.4, -0.2) is 20.6 Å². The zero-order valence-corrected chi connectivity index (χ0v) is 12.3. The minimum atomic E-state index is -1.16. The maximum atomic E-state index is 12.3. The van der Waals surface area contributed by atoms with Gasteiger partial charge in [-0.3, -0.25) is 9.59 Å². The van der Waals surface area contributed by atoms with Gasteiger partial charge in [-0.1, -0.05) is 23.2 Å². The Morgan fingerprint density at radius 1 is 1.29 bits per heavy atom. The average Bonchev–Trinajstić information content (AvgIpc) is 2.38. The number of hydrogen-bond donors (Lipinski definition) is 2. The van der Waals surface area contributed by atoms with Crippen LogP contribution in [0.25, 0.3) is 5.69 Å². The lowest BCUT2D eigenvalue weighted by Gasteiger charge is -2.09. The Morgan fingerprint density at radius 2 is 1.95 bits per heavy atom. The van der Waals surface area contributed by atoms with Gasteiger partial charge in [0.25, 0.3) is 5.56 Å². The molecule has 1 heterocycles. The topological polar surface area (TPSA) is 92.2 Å². The minimum Gasteiger partial charge on any atom is -0.481 e. The summed E-state index contributed by atoms with van der Waals surface area (Å²) in [7, 11) is 0. The smallest absolute Gasteiger partial charge is 0.333 e. The van der Waals surface area contributed by atoms with Gasteiger partial charge < -0.3 is 10.1 Å². The molecule has 0 saturated heterocycles. The summed E-state index contributed by atoms with van der Waals surface area (Å²) in [5, 5.41) is 9.31. The van der Waals surface area contributed by atoms with Crippen molar-refractivity contribution < 1.29 is 9.90 Å². The van der Waals surface area contributed by atoms with Gasteiger partial charge in [0.05, 0.1) is 22.2 Å². The number of hydrogen-bond acceptors (Lipinski definition) is 3. The van der Waals surface area contributed by atoms with Crippen LogP contribution in [0.2, 0.25) is 10.0 Å². The zero-order valence-electron chi connectivity index (χ0n) is 10.8. The van der Waals surface area contributed by atoms with Gasteiger partial charge in [-0.2, -0.15) is 0 Å². The number of halogens is 2. The minimum absolute atomic E-state index is 0.00757. The molecule has 2 rings (SSSR count). The molecule has 0 atom stereocenters. The number of carboxylic acids is 1. The van der Waals surface area contributed by atoms with Crippen molar-refractivity contribution in [3.63, 3.8) is 0 Å². The van der Waals surface area contributed by atoms with Gasteiger partial charge in [0.15, 0.2) is 0 Å². The molecule has 0 unspecified atom stereocenters. The molecule has 0 aliphatic carbocycles. The first-order chi connectivity index (χ1) is 9.81. The number of carboxylic acid groups (broad SMARTS) is 1. The Kier molecular flexibility index (Phi) is 4.20. The first-order valence-electron chi connectivity index (χ1n) is 5.83. The molecule has 0 aliphatic rings. The highest BCUT2D eigenvalue weighted by molar-refractivity contribution is 6.42. The van der Waals surface area contributed by atoms with Gasteiger partial charge in [-0.25, -0.2) is 9.36 Å². The summed E-state index contributed by atoms with van der Waals surface area (Å²) in [6.07, 6.45) is -0.483. The highest BCUT2D eigenvalue weighted by Crippen LogP contribution is 2.23. The van der Waals surface area contributed by atoms with E-state index in [4.69, 9.17) is 28.3 Å². The third-order valence-electron chi connectivity index (χ3n) is 2.90. The number of aryl methyl sites for hydroxylation is 1. The Morgan fingerprint density at radius 3 is 2.52 bits per heavy atom. The van der Waals surface area contributed by atoms with Crippen LogP contribution >= 0.6 is 23.2 Å². The lowest BCUT2D eigenvalue weighted by molar-refractivity contribution is -0.136. The van der Waals surface area contributed by atoms with Crippen molar-refractivity contribution in [1.29, 1.82) is 0 Å². The van der Waals surface area contributed by atoms with Crippen LogP contribution in [0.3, 0.4) is 0 Å². The van der Waals surface area contributed by atoms with Crippen molar-refractivity contribution in [2.45, 2.75) is 13.3 Å². The number of benzene rings is 1. The number of aliphatic carboxylic acids is 1. The normalized spacial score (nSPS) is 10.6. The molecule has 0 radical (unpaired) electrons. The van der Waals surface area contributed by atoms with Crippen LogP contribution in [0.1, 0.15) is 11.3 Å². The molecule has 0 amide bonds. The molecule has 0 saturated carbocycles. The van der Waals surface area contributed by atoms with Crippen LogP contribution in [0.4, 0.5) is 0 Å². The van der Waals surface area contributed by atoms with E-state index in [1.807, 2.05) is 0 Å². The predicted octanol–water partition coefficient (Wildman–Crippen LogP) is 1.77. The van der Waals surface area contributed by atoms with E-state index in [0.29, 0.717) is 0 Å². The highest BCUT2D eigenvalue weighted by atomic mass is 35.5. The monoisotopic (exact) mass is 328 g/mol. The fraction of sp³-hybridized carbons (Fsp3) is 0.154. The average molecular weight is 329 g/mol. The van der Waals surface area contributed by atoms with Crippen LogP contribution in [0.15, 0.2) is 27.8 Å². The molecular weight excluding hydrogens is 319 g/mol. The van der Waals surface area contributed by atoms with Crippen LogP contribution in [0.5, 0.6) is 0 Å². The molecule has 0 spiro atoms.